The Balaban J connectivity index is 2.04. The smallest absolute Gasteiger partial charge is 0.349 e. The Morgan fingerprint density at radius 2 is 1.88 bits per heavy atom. The number of nitrogens with zero attached hydrogens (tertiary/aromatic N) is 3. The highest BCUT2D eigenvalue weighted by Gasteiger charge is 2.22. The standard InChI is InChI=1S/C20H27N3O3/c1-5-6-7-9-22(2)19-13-16-15-12-18(26-4)17(25-3)11-14(15)8-10-23(16)20(24)21-19/h11-13H,5-10H2,1-4H3. The van der Waals surface area contributed by atoms with Crippen LogP contribution in [0.25, 0.3) is 11.3 Å². The molecule has 1 aromatic carbocycles. The van der Waals surface area contributed by atoms with Crippen molar-refractivity contribution in [1.82, 2.24) is 9.55 Å². The predicted molar refractivity (Wildman–Crippen MR) is 104 cm³/mol. The van der Waals surface area contributed by atoms with Gasteiger partial charge in [-0.25, -0.2) is 4.79 Å². The molecule has 0 aliphatic carbocycles. The molecule has 2 aromatic rings. The van der Waals surface area contributed by atoms with Gasteiger partial charge in [0.15, 0.2) is 11.5 Å². The number of fused-ring (bicyclic) bond motifs is 3. The quantitative estimate of drug-likeness (QED) is 0.713. The van der Waals surface area contributed by atoms with Gasteiger partial charge in [0.1, 0.15) is 5.82 Å². The van der Waals surface area contributed by atoms with Crippen LogP contribution in [0.1, 0.15) is 31.7 Å². The van der Waals surface area contributed by atoms with Crippen LogP contribution in [0.2, 0.25) is 0 Å². The predicted octanol–water partition coefficient (Wildman–Crippen LogP) is 3.11. The van der Waals surface area contributed by atoms with Crippen LogP contribution >= 0.6 is 0 Å². The third-order valence-electron chi connectivity index (χ3n) is 4.98. The fourth-order valence-electron chi connectivity index (χ4n) is 3.44. The molecule has 0 fully saturated rings. The van der Waals surface area contributed by atoms with Crippen LogP contribution in [0.15, 0.2) is 23.0 Å². The van der Waals surface area contributed by atoms with E-state index in [4.69, 9.17) is 9.47 Å². The van der Waals surface area contributed by atoms with E-state index in [-0.39, 0.29) is 5.69 Å². The number of benzene rings is 1. The minimum absolute atomic E-state index is 0.194. The zero-order valence-electron chi connectivity index (χ0n) is 16.0. The largest absolute Gasteiger partial charge is 0.493 e. The molecule has 0 amide bonds. The van der Waals surface area contributed by atoms with Crippen molar-refractivity contribution in [3.8, 4) is 22.8 Å². The van der Waals surface area contributed by atoms with Crippen LogP contribution in [-0.2, 0) is 13.0 Å². The van der Waals surface area contributed by atoms with Crippen LogP contribution in [0.3, 0.4) is 0 Å². The molecule has 0 saturated heterocycles. The summed E-state index contributed by atoms with van der Waals surface area (Å²) in [6, 6.07) is 5.98. The molecule has 0 N–H and O–H groups in total. The maximum absolute atomic E-state index is 12.6. The molecule has 1 aliphatic heterocycles. The number of aromatic nitrogens is 2. The van der Waals surface area contributed by atoms with Gasteiger partial charge in [-0.05, 0) is 30.5 Å². The Morgan fingerprint density at radius 1 is 1.15 bits per heavy atom. The summed E-state index contributed by atoms with van der Waals surface area (Å²) in [6.07, 6.45) is 4.21. The van der Waals surface area contributed by atoms with Crippen molar-refractivity contribution < 1.29 is 9.47 Å². The average molecular weight is 357 g/mol. The van der Waals surface area contributed by atoms with Crippen LogP contribution in [0, 0.1) is 0 Å². The van der Waals surface area contributed by atoms with Crippen LogP contribution in [0.4, 0.5) is 5.82 Å². The first-order chi connectivity index (χ1) is 12.6. The summed E-state index contributed by atoms with van der Waals surface area (Å²) in [4.78, 5) is 18.9. The Morgan fingerprint density at radius 3 is 2.58 bits per heavy atom. The summed E-state index contributed by atoms with van der Waals surface area (Å²) in [5.41, 5.74) is 2.87. The normalized spacial score (nSPS) is 12.3. The van der Waals surface area contributed by atoms with Gasteiger partial charge >= 0.3 is 5.69 Å². The number of methoxy groups -OCH3 is 2. The van der Waals surface area contributed by atoms with Gasteiger partial charge in [-0.2, -0.15) is 4.98 Å². The van der Waals surface area contributed by atoms with E-state index in [0.29, 0.717) is 18.0 Å². The molecule has 140 valence electrons. The third kappa shape index (κ3) is 3.41. The molecule has 0 radical (unpaired) electrons. The highest BCUT2D eigenvalue weighted by Crippen LogP contribution is 2.38. The lowest BCUT2D eigenvalue weighted by molar-refractivity contribution is 0.354. The van der Waals surface area contributed by atoms with Gasteiger partial charge in [-0.3, -0.25) is 4.57 Å². The van der Waals surface area contributed by atoms with Crippen molar-refractivity contribution in [2.24, 2.45) is 0 Å². The lowest BCUT2D eigenvalue weighted by Crippen LogP contribution is -2.31. The van der Waals surface area contributed by atoms with Crippen molar-refractivity contribution >= 4 is 5.82 Å². The molecule has 0 atom stereocenters. The molecular weight excluding hydrogens is 330 g/mol. The Kier molecular flexibility index (Phi) is 5.49. The van der Waals surface area contributed by atoms with Crippen molar-refractivity contribution in [3.05, 3.63) is 34.2 Å². The Hall–Kier alpha value is -2.50. The van der Waals surface area contributed by atoms with E-state index in [1.807, 2.05) is 25.2 Å². The number of unbranched alkanes of at least 4 members (excludes halogenated alkanes) is 2. The first-order valence-corrected chi connectivity index (χ1v) is 9.17. The summed E-state index contributed by atoms with van der Waals surface area (Å²) in [6.45, 7) is 3.70. The Labute approximate surface area is 154 Å². The molecular formula is C20H27N3O3. The number of hydrogen-bond acceptors (Lipinski definition) is 5. The first kappa shape index (κ1) is 18.3. The summed E-state index contributed by atoms with van der Waals surface area (Å²) in [7, 11) is 5.26. The van der Waals surface area contributed by atoms with E-state index in [9.17, 15) is 4.79 Å². The second kappa shape index (κ2) is 7.81. The number of hydrogen-bond donors (Lipinski definition) is 0. The second-order valence-electron chi connectivity index (χ2n) is 6.68. The fourth-order valence-corrected chi connectivity index (χ4v) is 3.44. The summed E-state index contributed by atoms with van der Waals surface area (Å²) < 4.78 is 12.6. The van der Waals surface area contributed by atoms with Gasteiger partial charge in [0.2, 0.25) is 0 Å². The van der Waals surface area contributed by atoms with Crippen molar-refractivity contribution in [3.63, 3.8) is 0 Å². The number of ether oxygens (including phenoxy) is 2. The van der Waals surface area contributed by atoms with Gasteiger partial charge in [0.25, 0.3) is 0 Å². The van der Waals surface area contributed by atoms with Crippen molar-refractivity contribution in [1.29, 1.82) is 0 Å². The summed E-state index contributed by atoms with van der Waals surface area (Å²) >= 11 is 0. The SMILES string of the molecule is CCCCCN(C)c1cc2n(c(=O)n1)CCc1cc(OC)c(OC)cc1-2. The molecule has 0 spiro atoms. The minimum atomic E-state index is -0.194. The summed E-state index contributed by atoms with van der Waals surface area (Å²) in [5, 5.41) is 0. The van der Waals surface area contributed by atoms with Gasteiger partial charge in [0, 0.05) is 31.8 Å². The lowest BCUT2D eigenvalue weighted by atomic mass is 9.97. The summed E-state index contributed by atoms with van der Waals surface area (Å²) in [5.74, 6) is 2.11. The fraction of sp³-hybridized carbons (Fsp3) is 0.500. The molecule has 6 nitrogen and oxygen atoms in total. The molecule has 0 saturated carbocycles. The highest BCUT2D eigenvalue weighted by atomic mass is 16.5. The number of aryl methyl sites for hydroxylation is 1. The molecule has 2 heterocycles. The van der Waals surface area contributed by atoms with E-state index in [1.165, 1.54) is 12.8 Å². The third-order valence-corrected chi connectivity index (χ3v) is 4.98. The topological polar surface area (TPSA) is 56.6 Å². The number of anilines is 1. The van der Waals surface area contributed by atoms with Crippen molar-refractivity contribution in [2.75, 3.05) is 32.7 Å². The zero-order chi connectivity index (χ0) is 18.7. The maximum Gasteiger partial charge on any atom is 0.349 e. The van der Waals surface area contributed by atoms with Crippen LogP contribution < -0.4 is 20.1 Å². The van der Waals surface area contributed by atoms with Gasteiger partial charge < -0.3 is 14.4 Å². The highest BCUT2D eigenvalue weighted by molar-refractivity contribution is 5.72. The molecule has 0 bridgehead atoms. The first-order valence-electron chi connectivity index (χ1n) is 9.17. The monoisotopic (exact) mass is 357 g/mol. The minimum Gasteiger partial charge on any atom is -0.493 e. The van der Waals surface area contributed by atoms with E-state index in [0.717, 1.165) is 42.0 Å². The Bertz CT molecular complexity index is 845. The molecule has 1 aliphatic rings. The van der Waals surface area contributed by atoms with E-state index < -0.39 is 0 Å². The van der Waals surface area contributed by atoms with E-state index in [2.05, 4.69) is 16.8 Å². The molecule has 0 unspecified atom stereocenters. The molecule has 26 heavy (non-hydrogen) atoms. The van der Waals surface area contributed by atoms with Crippen molar-refractivity contribution in [2.45, 2.75) is 39.2 Å². The number of rotatable bonds is 7. The maximum atomic E-state index is 12.6. The zero-order valence-corrected chi connectivity index (χ0v) is 16.0. The van der Waals surface area contributed by atoms with E-state index >= 15 is 0 Å². The average Bonchev–Trinajstić information content (AvgIpc) is 2.66. The second-order valence-corrected chi connectivity index (χ2v) is 6.68. The lowest BCUT2D eigenvalue weighted by Gasteiger charge is -2.25. The molecule has 3 rings (SSSR count). The van der Waals surface area contributed by atoms with Gasteiger partial charge in [-0.15, -0.1) is 0 Å². The van der Waals surface area contributed by atoms with Gasteiger partial charge in [-0.1, -0.05) is 19.8 Å². The van der Waals surface area contributed by atoms with Crippen LogP contribution in [0.5, 0.6) is 11.5 Å². The molecule has 6 heteroatoms. The molecule has 1 aromatic heterocycles. The van der Waals surface area contributed by atoms with Crippen LogP contribution in [-0.4, -0.2) is 37.4 Å². The van der Waals surface area contributed by atoms with Gasteiger partial charge in [0.05, 0.1) is 19.9 Å². The van der Waals surface area contributed by atoms with E-state index in [1.54, 1.807) is 18.8 Å².